The first-order valence-electron chi connectivity index (χ1n) is 8.93. The molecule has 7 heteroatoms. The van der Waals surface area contributed by atoms with Crippen molar-refractivity contribution in [3.8, 4) is 0 Å². The fraction of sp³-hybridized carbons (Fsp3) is 0.778. The largest absolute Gasteiger partial charge is 0.373 e. The average Bonchev–Trinajstić information content (AvgIpc) is 2.54. The van der Waals surface area contributed by atoms with E-state index in [0.717, 1.165) is 43.0 Å². The van der Waals surface area contributed by atoms with E-state index in [-0.39, 0.29) is 6.10 Å². The van der Waals surface area contributed by atoms with Crippen molar-refractivity contribution in [2.24, 2.45) is 0 Å². The molecule has 1 fully saturated rings. The number of alkyl halides is 2. The number of allylic oxidation sites excluding steroid dienone is 3. The van der Waals surface area contributed by atoms with Crippen LogP contribution in [-0.2, 0) is 13.8 Å². The van der Waals surface area contributed by atoms with Gasteiger partial charge in [0.25, 0.3) is 7.52 Å². The second-order valence-electron chi connectivity index (χ2n) is 6.60. The zero-order chi connectivity index (χ0) is 18.7. The van der Waals surface area contributed by atoms with Crippen molar-refractivity contribution >= 4 is 39.4 Å². The van der Waals surface area contributed by atoms with Crippen molar-refractivity contribution in [2.75, 3.05) is 43.1 Å². The summed E-state index contributed by atoms with van der Waals surface area (Å²) in [6.07, 6.45) is 7.84. The smallest absolute Gasteiger partial charge is 0.275 e. The highest BCUT2D eigenvalue weighted by Crippen LogP contribution is 2.54. The van der Waals surface area contributed by atoms with E-state index in [1.165, 1.54) is 11.1 Å². The van der Waals surface area contributed by atoms with E-state index in [9.17, 15) is 4.57 Å². The second kappa shape index (κ2) is 12.9. The van der Waals surface area contributed by atoms with Crippen LogP contribution in [0.4, 0.5) is 0 Å². The predicted molar refractivity (Wildman–Crippen MR) is 114 cm³/mol. The summed E-state index contributed by atoms with van der Waals surface area (Å²) >= 11 is 6.87. The van der Waals surface area contributed by atoms with E-state index in [0.29, 0.717) is 19.4 Å². The quantitative estimate of drug-likeness (QED) is 0.205. The van der Waals surface area contributed by atoms with E-state index < -0.39 is 7.52 Å². The number of hydrogen-bond acceptors (Lipinski definition) is 3. The SMILES string of the molecule is CC(C)=CCC/C(C)=C/COC1CCOP(=O)(N(CCBr)CCBr)C1. The molecular formula is C18H32Br2NO3P. The fourth-order valence-electron chi connectivity index (χ4n) is 2.69. The molecule has 0 radical (unpaired) electrons. The molecule has 0 spiro atoms. The molecule has 0 saturated carbocycles. The molecule has 0 aliphatic carbocycles. The van der Waals surface area contributed by atoms with Gasteiger partial charge in [0.05, 0.1) is 25.5 Å². The molecule has 2 atom stereocenters. The standard InChI is InChI=1S/C18H32Br2NO3P/c1-16(2)5-4-6-17(3)7-13-23-18-8-14-24-25(22,15-18)21(11-9-19)12-10-20/h5,7,18H,4,6,8-15H2,1-3H3/b17-7+. The molecule has 4 nitrogen and oxygen atoms in total. The van der Waals surface area contributed by atoms with Crippen molar-refractivity contribution in [2.45, 2.75) is 46.1 Å². The minimum atomic E-state index is -2.79. The summed E-state index contributed by atoms with van der Waals surface area (Å²) in [4.78, 5) is 0. The molecule has 0 bridgehead atoms. The molecular weight excluding hydrogens is 469 g/mol. The first-order valence-corrected chi connectivity index (χ1v) is 12.9. The lowest BCUT2D eigenvalue weighted by molar-refractivity contribution is 0.0530. The highest BCUT2D eigenvalue weighted by Gasteiger charge is 2.37. The first-order chi connectivity index (χ1) is 11.9. The van der Waals surface area contributed by atoms with E-state index in [1.54, 1.807) is 0 Å². The fourth-order valence-corrected chi connectivity index (χ4v) is 6.60. The van der Waals surface area contributed by atoms with Crippen LogP contribution in [0.15, 0.2) is 23.3 Å². The molecule has 0 amide bonds. The van der Waals surface area contributed by atoms with Gasteiger partial charge in [0.2, 0.25) is 0 Å². The highest BCUT2D eigenvalue weighted by molar-refractivity contribution is 9.09. The van der Waals surface area contributed by atoms with Gasteiger partial charge in [-0.2, -0.15) is 0 Å². The topological polar surface area (TPSA) is 38.8 Å². The van der Waals surface area contributed by atoms with Gasteiger partial charge in [-0.3, -0.25) is 4.57 Å². The summed E-state index contributed by atoms with van der Waals surface area (Å²) in [5.74, 6) is 0. The van der Waals surface area contributed by atoms with Crippen molar-refractivity contribution in [3.63, 3.8) is 0 Å². The molecule has 0 aromatic heterocycles. The van der Waals surface area contributed by atoms with E-state index >= 15 is 0 Å². The number of hydrogen-bond donors (Lipinski definition) is 0. The Morgan fingerprint density at radius 1 is 1.24 bits per heavy atom. The summed E-state index contributed by atoms with van der Waals surface area (Å²) < 4.78 is 26.8. The van der Waals surface area contributed by atoms with Gasteiger partial charge in [-0.15, -0.1) is 0 Å². The third kappa shape index (κ3) is 9.34. The number of ether oxygens (including phenoxy) is 1. The third-order valence-corrected chi connectivity index (χ3v) is 7.56. The van der Waals surface area contributed by atoms with Crippen LogP contribution in [0.5, 0.6) is 0 Å². The van der Waals surface area contributed by atoms with Gasteiger partial charge < -0.3 is 9.26 Å². The molecule has 0 aromatic carbocycles. The Labute approximate surface area is 170 Å². The van der Waals surface area contributed by atoms with Crippen LogP contribution in [0.2, 0.25) is 0 Å². The highest BCUT2D eigenvalue weighted by atomic mass is 79.9. The van der Waals surface area contributed by atoms with Gasteiger partial charge in [-0.25, -0.2) is 4.67 Å². The van der Waals surface area contributed by atoms with Crippen LogP contribution in [0.25, 0.3) is 0 Å². The molecule has 1 saturated heterocycles. The second-order valence-corrected chi connectivity index (χ2v) is 10.6. The average molecular weight is 501 g/mol. The summed E-state index contributed by atoms with van der Waals surface area (Å²) in [7, 11) is -2.79. The van der Waals surface area contributed by atoms with Gasteiger partial charge in [0, 0.05) is 23.7 Å². The maximum Gasteiger partial charge on any atom is 0.275 e. The third-order valence-electron chi connectivity index (χ3n) is 4.14. The van der Waals surface area contributed by atoms with Crippen molar-refractivity contribution in [3.05, 3.63) is 23.3 Å². The first kappa shape index (κ1) is 23.6. The zero-order valence-electron chi connectivity index (χ0n) is 15.7. The molecule has 1 aliphatic rings. The van der Waals surface area contributed by atoms with Gasteiger partial charge in [0.15, 0.2) is 0 Å². The summed E-state index contributed by atoms with van der Waals surface area (Å²) in [6.45, 7) is 8.93. The lowest BCUT2D eigenvalue weighted by Crippen LogP contribution is -2.35. The van der Waals surface area contributed by atoms with E-state index in [4.69, 9.17) is 9.26 Å². The Balaban J connectivity index is 2.49. The van der Waals surface area contributed by atoms with Crippen LogP contribution < -0.4 is 0 Å². The van der Waals surface area contributed by atoms with E-state index in [1.807, 2.05) is 4.67 Å². The maximum absolute atomic E-state index is 13.2. The number of halogens is 2. The Bertz CT molecular complexity index is 487. The molecule has 1 rings (SSSR count). The molecule has 25 heavy (non-hydrogen) atoms. The predicted octanol–water partition coefficient (Wildman–Crippen LogP) is 5.77. The normalized spacial score (nSPS) is 24.6. The van der Waals surface area contributed by atoms with Crippen molar-refractivity contribution < 1.29 is 13.8 Å². The molecule has 1 aliphatic heterocycles. The molecule has 2 unspecified atom stereocenters. The summed E-state index contributed by atoms with van der Waals surface area (Å²) in [6, 6.07) is 0. The Morgan fingerprint density at radius 3 is 2.52 bits per heavy atom. The Hall–Kier alpha value is 0.550. The lowest BCUT2D eigenvalue weighted by Gasteiger charge is -2.36. The summed E-state index contributed by atoms with van der Waals surface area (Å²) in [5.41, 5.74) is 2.70. The van der Waals surface area contributed by atoms with Gasteiger partial charge in [0.1, 0.15) is 0 Å². The van der Waals surface area contributed by atoms with Gasteiger partial charge >= 0.3 is 0 Å². The van der Waals surface area contributed by atoms with E-state index in [2.05, 4.69) is 64.8 Å². The molecule has 146 valence electrons. The van der Waals surface area contributed by atoms with Crippen LogP contribution in [0.1, 0.15) is 40.0 Å². The zero-order valence-corrected chi connectivity index (χ0v) is 19.7. The van der Waals surface area contributed by atoms with Crippen LogP contribution in [-0.4, -0.2) is 53.9 Å². The molecule has 0 N–H and O–H groups in total. The number of nitrogens with zero attached hydrogens (tertiary/aromatic N) is 1. The minimum absolute atomic E-state index is 0.00886. The van der Waals surface area contributed by atoms with Crippen LogP contribution >= 0.6 is 39.4 Å². The monoisotopic (exact) mass is 499 g/mol. The molecule has 0 aromatic rings. The summed E-state index contributed by atoms with van der Waals surface area (Å²) in [5, 5.41) is 1.57. The van der Waals surface area contributed by atoms with Crippen molar-refractivity contribution in [1.82, 2.24) is 4.67 Å². The Morgan fingerprint density at radius 2 is 1.92 bits per heavy atom. The maximum atomic E-state index is 13.2. The van der Waals surface area contributed by atoms with Crippen LogP contribution in [0, 0.1) is 0 Å². The van der Waals surface area contributed by atoms with Crippen molar-refractivity contribution in [1.29, 1.82) is 0 Å². The Kier molecular flexibility index (Phi) is 12.1. The van der Waals surface area contributed by atoms with Gasteiger partial charge in [-0.05, 0) is 40.0 Å². The minimum Gasteiger partial charge on any atom is -0.373 e. The van der Waals surface area contributed by atoms with Crippen LogP contribution in [0.3, 0.4) is 0 Å². The lowest BCUT2D eigenvalue weighted by atomic mass is 10.1. The number of rotatable bonds is 11. The molecule has 1 heterocycles. The van der Waals surface area contributed by atoms with Gasteiger partial charge in [-0.1, -0.05) is 55.2 Å².